The Kier molecular flexibility index (Phi) is 7.66. The molecule has 0 heterocycles. The molecule has 126 valence electrons. The maximum Gasteiger partial charge on any atom is 0.0596 e. The normalized spacial score (nSPS) is 27.6. The minimum Gasteiger partial charge on any atom is -0.377 e. The fourth-order valence-electron chi connectivity index (χ4n) is 3.57. The molecule has 3 unspecified atom stereocenters. The van der Waals surface area contributed by atoms with Crippen LogP contribution in [-0.2, 0) is 4.74 Å². The molecule has 3 atom stereocenters. The highest BCUT2D eigenvalue weighted by atomic mass is 16.5. The van der Waals surface area contributed by atoms with E-state index in [0.29, 0.717) is 17.6 Å². The Balaban J connectivity index is 2.47. The minimum atomic E-state index is 0.336. The molecule has 21 heavy (non-hydrogen) atoms. The number of hydrogen-bond donors (Lipinski definition) is 1. The van der Waals surface area contributed by atoms with Gasteiger partial charge in [-0.05, 0) is 64.5 Å². The largest absolute Gasteiger partial charge is 0.377 e. The average Bonchev–Trinajstić information content (AvgIpc) is 2.37. The molecule has 3 heteroatoms. The van der Waals surface area contributed by atoms with E-state index in [1.165, 1.54) is 25.8 Å². The molecule has 0 aromatic rings. The standard InChI is InChI=1S/C18H38N2O/c1-14(2)21-11-10-20(7)13-15-12-16(18(3,4)5)8-9-17(15)19-6/h14-17,19H,8-13H2,1-7H3. The van der Waals surface area contributed by atoms with Gasteiger partial charge in [0, 0.05) is 19.1 Å². The number of nitrogens with zero attached hydrogens (tertiary/aromatic N) is 1. The van der Waals surface area contributed by atoms with Gasteiger partial charge < -0.3 is 15.0 Å². The Labute approximate surface area is 132 Å². The van der Waals surface area contributed by atoms with Gasteiger partial charge in [0.2, 0.25) is 0 Å². The van der Waals surface area contributed by atoms with Crippen molar-refractivity contribution in [3.05, 3.63) is 0 Å². The Morgan fingerprint density at radius 1 is 1.24 bits per heavy atom. The summed E-state index contributed by atoms with van der Waals surface area (Å²) in [4.78, 5) is 2.45. The predicted octanol–water partition coefficient (Wildman–Crippen LogP) is 3.39. The molecule has 0 aromatic heterocycles. The van der Waals surface area contributed by atoms with Crippen LogP contribution in [0.15, 0.2) is 0 Å². The lowest BCUT2D eigenvalue weighted by molar-refractivity contribution is 0.0510. The lowest BCUT2D eigenvalue weighted by atomic mass is 9.67. The predicted molar refractivity (Wildman–Crippen MR) is 91.7 cm³/mol. The molecule has 1 rings (SSSR count). The van der Waals surface area contributed by atoms with Crippen LogP contribution in [0.3, 0.4) is 0 Å². The molecule has 1 N–H and O–H groups in total. The van der Waals surface area contributed by atoms with Crippen LogP contribution in [0.25, 0.3) is 0 Å². The van der Waals surface area contributed by atoms with Gasteiger partial charge in [0.05, 0.1) is 12.7 Å². The lowest BCUT2D eigenvalue weighted by Gasteiger charge is -2.43. The van der Waals surface area contributed by atoms with Crippen molar-refractivity contribution in [2.75, 3.05) is 33.8 Å². The van der Waals surface area contributed by atoms with Crippen LogP contribution in [0, 0.1) is 17.3 Å². The third-order valence-corrected chi connectivity index (χ3v) is 5.05. The summed E-state index contributed by atoms with van der Waals surface area (Å²) in [6.07, 6.45) is 4.37. The van der Waals surface area contributed by atoms with Crippen molar-refractivity contribution in [2.24, 2.45) is 17.3 Å². The van der Waals surface area contributed by atoms with E-state index in [1.54, 1.807) is 0 Å². The molecule has 0 aromatic carbocycles. The third-order valence-electron chi connectivity index (χ3n) is 5.05. The van der Waals surface area contributed by atoms with Crippen LogP contribution in [-0.4, -0.2) is 50.8 Å². The lowest BCUT2D eigenvalue weighted by Crippen LogP contribution is -2.46. The summed E-state index contributed by atoms with van der Waals surface area (Å²) >= 11 is 0. The van der Waals surface area contributed by atoms with E-state index in [0.717, 1.165) is 25.0 Å². The van der Waals surface area contributed by atoms with Crippen molar-refractivity contribution < 1.29 is 4.74 Å². The van der Waals surface area contributed by atoms with E-state index in [-0.39, 0.29) is 0 Å². The highest BCUT2D eigenvalue weighted by Gasteiger charge is 2.35. The average molecular weight is 299 g/mol. The number of hydrogen-bond acceptors (Lipinski definition) is 3. The Morgan fingerprint density at radius 2 is 1.90 bits per heavy atom. The van der Waals surface area contributed by atoms with Gasteiger partial charge in [-0.3, -0.25) is 0 Å². The van der Waals surface area contributed by atoms with E-state index < -0.39 is 0 Å². The Hall–Kier alpha value is -0.120. The summed E-state index contributed by atoms with van der Waals surface area (Å²) in [7, 11) is 4.36. The van der Waals surface area contributed by atoms with E-state index in [1.807, 2.05) is 0 Å². The fraction of sp³-hybridized carbons (Fsp3) is 1.00. The molecular weight excluding hydrogens is 260 g/mol. The fourth-order valence-corrected chi connectivity index (χ4v) is 3.57. The number of rotatable bonds is 7. The molecule has 0 bridgehead atoms. The van der Waals surface area contributed by atoms with Crippen LogP contribution in [0.2, 0.25) is 0 Å². The summed E-state index contributed by atoms with van der Waals surface area (Å²) in [6.45, 7) is 14.5. The van der Waals surface area contributed by atoms with Gasteiger partial charge in [-0.25, -0.2) is 0 Å². The summed E-state index contributed by atoms with van der Waals surface area (Å²) in [5.74, 6) is 1.62. The van der Waals surface area contributed by atoms with Gasteiger partial charge in [-0.1, -0.05) is 20.8 Å². The minimum absolute atomic E-state index is 0.336. The molecule has 0 radical (unpaired) electrons. The van der Waals surface area contributed by atoms with Crippen LogP contribution in [0.1, 0.15) is 53.9 Å². The summed E-state index contributed by atoms with van der Waals surface area (Å²) in [5.41, 5.74) is 0.441. The first-order valence-corrected chi connectivity index (χ1v) is 8.71. The number of ether oxygens (including phenoxy) is 1. The van der Waals surface area contributed by atoms with Crippen molar-refractivity contribution in [1.82, 2.24) is 10.2 Å². The second-order valence-corrected chi connectivity index (χ2v) is 8.21. The van der Waals surface area contributed by atoms with Gasteiger partial charge in [-0.15, -0.1) is 0 Å². The van der Waals surface area contributed by atoms with Crippen molar-refractivity contribution in [1.29, 1.82) is 0 Å². The van der Waals surface area contributed by atoms with Gasteiger partial charge in [0.1, 0.15) is 0 Å². The molecular formula is C18H38N2O. The monoisotopic (exact) mass is 298 g/mol. The summed E-state index contributed by atoms with van der Waals surface area (Å²) < 4.78 is 5.67. The zero-order chi connectivity index (χ0) is 16.0. The topological polar surface area (TPSA) is 24.5 Å². The summed E-state index contributed by atoms with van der Waals surface area (Å²) in [6, 6.07) is 0.678. The Bertz CT molecular complexity index is 285. The molecule has 1 aliphatic carbocycles. The first kappa shape index (κ1) is 18.9. The zero-order valence-electron chi connectivity index (χ0n) is 15.4. The number of likely N-dealkylation sites (N-methyl/N-ethyl adjacent to an activating group) is 1. The molecule has 0 aliphatic heterocycles. The maximum atomic E-state index is 5.67. The molecule has 1 saturated carbocycles. The van der Waals surface area contributed by atoms with Crippen LogP contribution in [0.5, 0.6) is 0 Å². The molecule has 0 amide bonds. The summed E-state index contributed by atoms with van der Waals surface area (Å²) in [5, 5.41) is 3.55. The number of nitrogens with one attached hydrogen (secondary N) is 1. The second kappa shape index (κ2) is 8.50. The molecule has 0 saturated heterocycles. The third kappa shape index (κ3) is 6.66. The maximum absolute atomic E-state index is 5.67. The van der Waals surface area contributed by atoms with E-state index in [2.05, 4.69) is 58.9 Å². The smallest absolute Gasteiger partial charge is 0.0596 e. The molecule has 1 fully saturated rings. The van der Waals surface area contributed by atoms with Gasteiger partial charge in [-0.2, -0.15) is 0 Å². The van der Waals surface area contributed by atoms with E-state index in [9.17, 15) is 0 Å². The first-order valence-electron chi connectivity index (χ1n) is 8.71. The van der Waals surface area contributed by atoms with Crippen molar-refractivity contribution in [2.45, 2.75) is 66.0 Å². The first-order chi connectivity index (χ1) is 9.74. The molecule has 3 nitrogen and oxygen atoms in total. The highest BCUT2D eigenvalue weighted by molar-refractivity contribution is 4.89. The van der Waals surface area contributed by atoms with Crippen molar-refractivity contribution >= 4 is 0 Å². The van der Waals surface area contributed by atoms with Crippen LogP contribution >= 0.6 is 0 Å². The van der Waals surface area contributed by atoms with E-state index >= 15 is 0 Å². The quantitative estimate of drug-likeness (QED) is 0.779. The van der Waals surface area contributed by atoms with Crippen LogP contribution in [0.4, 0.5) is 0 Å². The molecule has 1 aliphatic rings. The van der Waals surface area contributed by atoms with Gasteiger partial charge >= 0.3 is 0 Å². The highest BCUT2D eigenvalue weighted by Crippen LogP contribution is 2.40. The van der Waals surface area contributed by atoms with Crippen molar-refractivity contribution in [3.8, 4) is 0 Å². The molecule has 0 spiro atoms. The van der Waals surface area contributed by atoms with Gasteiger partial charge in [0.15, 0.2) is 0 Å². The zero-order valence-corrected chi connectivity index (χ0v) is 15.4. The van der Waals surface area contributed by atoms with Crippen LogP contribution < -0.4 is 5.32 Å². The van der Waals surface area contributed by atoms with Crippen molar-refractivity contribution in [3.63, 3.8) is 0 Å². The van der Waals surface area contributed by atoms with E-state index in [4.69, 9.17) is 4.74 Å². The SMILES string of the molecule is CNC1CCC(C(C)(C)C)CC1CN(C)CCOC(C)C. The second-order valence-electron chi connectivity index (χ2n) is 8.21. The van der Waals surface area contributed by atoms with Gasteiger partial charge in [0.25, 0.3) is 0 Å². The Morgan fingerprint density at radius 3 is 2.43 bits per heavy atom.